The summed E-state index contributed by atoms with van der Waals surface area (Å²) in [5, 5.41) is 13.0. The molecular weight excluding hydrogens is 262 g/mol. The monoisotopic (exact) mass is 283 g/mol. The summed E-state index contributed by atoms with van der Waals surface area (Å²) in [6.07, 6.45) is 2.28. The largest absolute Gasteiger partial charge is 0.492 e. The van der Waals surface area contributed by atoms with Crippen LogP contribution in [0.5, 0.6) is 5.75 Å². The lowest BCUT2D eigenvalue weighted by Gasteiger charge is -2.08. The van der Waals surface area contributed by atoms with E-state index in [-0.39, 0.29) is 6.10 Å². The molecule has 1 heterocycles. The van der Waals surface area contributed by atoms with Crippen molar-refractivity contribution >= 4 is 22.0 Å². The van der Waals surface area contributed by atoms with Crippen LogP contribution in [-0.2, 0) is 4.74 Å². The van der Waals surface area contributed by atoms with Crippen LogP contribution in [0.1, 0.15) is 31.6 Å². The summed E-state index contributed by atoms with van der Waals surface area (Å²) in [5.41, 5.74) is 6.23. The van der Waals surface area contributed by atoms with Gasteiger partial charge in [0.15, 0.2) is 5.75 Å². The van der Waals surface area contributed by atoms with Crippen LogP contribution < -0.4 is 15.8 Å². The van der Waals surface area contributed by atoms with Gasteiger partial charge < -0.3 is 20.5 Å². The normalized spacial score (nSPS) is 10.5. The average Bonchev–Trinajstić information content (AvgIpc) is 2.69. The number of thiophene rings is 1. The Balaban J connectivity index is 2.39. The second-order valence-electron chi connectivity index (χ2n) is 4.37. The lowest BCUT2D eigenvalue weighted by Crippen LogP contribution is -2.07. The summed E-state index contributed by atoms with van der Waals surface area (Å²) in [4.78, 5) is 0.488. The average molecular weight is 283 g/mol. The van der Waals surface area contributed by atoms with Gasteiger partial charge in [-0.3, -0.25) is 0 Å². The molecule has 19 heavy (non-hydrogen) atoms. The highest BCUT2D eigenvalue weighted by Crippen LogP contribution is 2.41. The maximum absolute atomic E-state index is 8.93. The van der Waals surface area contributed by atoms with Crippen LogP contribution in [0.4, 0.5) is 10.7 Å². The molecule has 0 amide bonds. The van der Waals surface area contributed by atoms with Crippen LogP contribution in [0.3, 0.4) is 0 Å². The van der Waals surface area contributed by atoms with E-state index in [0.29, 0.717) is 16.3 Å². The van der Waals surface area contributed by atoms with Gasteiger partial charge in [0.2, 0.25) is 0 Å². The van der Waals surface area contributed by atoms with Gasteiger partial charge in [-0.2, -0.15) is 5.26 Å². The maximum Gasteiger partial charge on any atom is 0.177 e. The first kappa shape index (κ1) is 15.6. The molecule has 1 aromatic heterocycles. The standard InChI is InChI=1S/C13H21N3O2S/c1-9(2)18-7-5-4-6-16-13-12(17-3)11(15)10(8-14)19-13/h9,16H,4-7,15H2,1-3H3. The van der Waals surface area contributed by atoms with E-state index in [1.54, 1.807) is 7.11 Å². The minimum atomic E-state index is 0.281. The zero-order valence-electron chi connectivity index (χ0n) is 11.7. The fourth-order valence-electron chi connectivity index (χ4n) is 1.58. The zero-order chi connectivity index (χ0) is 14.3. The van der Waals surface area contributed by atoms with E-state index in [1.807, 2.05) is 13.8 Å². The Morgan fingerprint density at radius 1 is 1.42 bits per heavy atom. The zero-order valence-corrected chi connectivity index (χ0v) is 12.5. The van der Waals surface area contributed by atoms with Gasteiger partial charge in [-0.05, 0) is 26.7 Å². The van der Waals surface area contributed by atoms with Gasteiger partial charge in [-0.1, -0.05) is 0 Å². The van der Waals surface area contributed by atoms with E-state index in [4.69, 9.17) is 20.5 Å². The molecule has 1 aromatic rings. The summed E-state index contributed by atoms with van der Waals surface area (Å²) in [6, 6.07) is 2.07. The lowest BCUT2D eigenvalue weighted by atomic mass is 10.3. The van der Waals surface area contributed by atoms with Gasteiger partial charge in [0.05, 0.1) is 13.2 Å². The van der Waals surface area contributed by atoms with Crippen LogP contribution >= 0.6 is 11.3 Å². The molecule has 0 bridgehead atoms. The number of nitriles is 1. The second kappa shape index (κ2) is 7.87. The van der Waals surface area contributed by atoms with Gasteiger partial charge in [0.1, 0.15) is 21.6 Å². The molecule has 0 atom stereocenters. The van der Waals surface area contributed by atoms with E-state index >= 15 is 0 Å². The number of nitrogen functional groups attached to an aromatic ring is 1. The van der Waals surface area contributed by atoms with Crippen molar-refractivity contribution in [2.75, 3.05) is 31.3 Å². The molecule has 0 unspecified atom stereocenters. The number of rotatable bonds is 8. The summed E-state index contributed by atoms with van der Waals surface area (Å²) in [7, 11) is 1.56. The van der Waals surface area contributed by atoms with Gasteiger partial charge >= 0.3 is 0 Å². The fraction of sp³-hybridized carbons (Fsp3) is 0.615. The molecule has 5 nitrogen and oxygen atoms in total. The highest BCUT2D eigenvalue weighted by molar-refractivity contribution is 7.17. The Bertz CT molecular complexity index is 438. The van der Waals surface area contributed by atoms with Crippen LogP contribution in [0.15, 0.2) is 0 Å². The van der Waals surface area contributed by atoms with Crippen LogP contribution in [0, 0.1) is 11.3 Å². The molecule has 106 valence electrons. The minimum Gasteiger partial charge on any atom is -0.492 e. The summed E-state index contributed by atoms with van der Waals surface area (Å²) >= 11 is 1.33. The molecule has 6 heteroatoms. The number of hydrogen-bond donors (Lipinski definition) is 2. The molecule has 0 fully saturated rings. The summed E-state index contributed by atoms with van der Waals surface area (Å²) in [6.45, 7) is 5.64. The first-order valence-corrected chi connectivity index (χ1v) is 7.13. The fourth-order valence-corrected chi connectivity index (χ4v) is 2.49. The molecule has 0 radical (unpaired) electrons. The molecule has 0 aliphatic rings. The van der Waals surface area contributed by atoms with Crippen molar-refractivity contribution < 1.29 is 9.47 Å². The van der Waals surface area contributed by atoms with Crippen LogP contribution in [0.25, 0.3) is 0 Å². The van der Waals surface area contributed by atoms with Crippen LogP contribution in [-0.4, -0.2) is 26.4 Å². The van der Waals surface area contributed by atoms with Crippen molar-refractivity contribution in [2.45, 2.75) is 32.8 Å². The van der Waals surface area contributed by atoms with E-state index in [1.165, 1.54) is 11.3 Å². The Morgan fingerprint density at radius 2 is 2.16 bits per heavy atom. The van der Waals surface area contributed by atoms with Gasteiger partial charge in [-0.15, -0.1) is 11.3 Å². The molecule has 0 saturated carbocycles. The Labute approximate surface area is 118 Å². The highest BCUT2D eigenvalue weighted by atomic mass is 32.1. The summed E-state index contributed by atoms with van der Waals surface area (Å²) < 4.78 is 10.7. The van der Waals surface area contributed by atoms with Crippen molar-refractivity contribution in [2.24, 2.45) is 0 Å². The minimum absolute atomic E-state index is 0.281. The molecule has 3 N–H and O–H groups in total. The lowest BCUT2D eigenvalue weighted by molar-refractivity contribution is 0.0765. The predicted molar refractivity (Wildman–Crippen MR) is 78.8 cm³/mol. The third kappa shape index (κ3) is 4.62. The van der Waals surface area contributed by atoms with E-state index < -0.39 is 0 Å². The number of anilines is 2. The number of unbranched alkanes of at least 4 members (excludes halogenated alkanes) is 1. The van der Waals surface area contributed by atoms with Gasteiger partial charge in [-0.25, -0.2) is 0 Å². The third-order valence-corrected chi connectivity index (χ3v) is 3.56. The van der Waals surface area contributed by atoms with Crippen molar-refractivity contribution in [3.05, 3.63) is 4.88 Å². The first-order valence-electron chi connectivity index (χ1n) is 6.32. The van der Waals surface area contributed by atoms with E-state index in [9.17, 15) is 0 Å². The highest BCUT2D eigenvalue weighted by Gasteiger charge is 2.15. The molecule has 0 spiro atoms. The number of ether oxygens (including phenoxy) is 2. The smallest absolute Gasteiger partial charge is 0.177 e. The molecule has 1 rings (SSSR count). The Hall–Kier alpha value is -1.45. The van der Waals surface area contributed by atoms with E-state index in [2.05, 4.69) is 11.4 Å². The van der Waals surface area contributed by atoms with Crippen LogP contribution in [0.2, 0.25) is 0 Å². The van der Waals surface area contributed by atoms with Crippen molar-refractivity contribution in [3.8, 4) is 11.8 Å². The third-order valence-electron chi connectivity index (χ3n) is 2.51. The summed E-state index contributed by atoms with van der Waals surface area (Å²) in [5.74, 6) is 0.569. The molecule has 0 saturated heterocycles. The molecule has 0 aliphatic carbocycles. The van der Waals surface area contributed by atoms with Crippen molar-refractivity contribution in [1.82, 2.24) is 0 Å². The molecule has 0 aliphatic heterocycles. The molecular formula is C13H21N3O2S. The number of hydrogen-bond acceptors (Lipinski definition) is 6. The number of methoxy groups -OCH3 is 1. The SMILES string of the molecule is COc1c(NCCCCOC(C)C)sc(C#N)c1N. The Kier molecular flexibility index (Phi) is 6.46. The molecule has 0 aromatic carbocycles. The number of nitrogens with zero attached hydrogens (tertiary/aromatic N) is 1. The number of nitrogens with two attached hydrogens (primary N) is 1. The predicted octanol–water partition coefficient (Wildman–Crippen LogP) is 2.83. The van der Waals surface area contributed by atoms with Gasteiger partial charge in [0.25, 0.3) is 0 Å². The van der Waals surface area contributed by atoms with Gasteiger partial charge in [0, 0.05) is 13.2 Å². The second-order valence-corrected chi connectivity index (χ2v) is 5.39. The topological polar surface area (TPSA) is 80.3 Å². The maximum atomic E-state index is 8.93. The Morgan fingerprint density at radius 3 is 2.74 bits per heavy atom. The van der Waals surface area contributed by atoms with Crippen molar-refractivity contribution in [3.63, 3.8) is 0 Å². The quantitative estimate of drug-likeness (QED) is 0.717. The van der Waals surface area contributed by atoms with E-state index in [0.717, 1.165) is 31.0 Å². The first-order chi connectivity index (χ1) is 9.10. The number of nitrogens with one attached hydrogen (secondary N) is 1. The van der Waals surface area contributed by atoms with Crippen molar-refractivity contribution in [1.29, 1.82) is 5.26 Å².